The van der Waals surface area contributed by atoms with Crippen molar-refractivity contribution in [1.82, 2.24) is 0 Å². The summed E-state index contributed by atoms with van der Waals surface area (Å²) in [4.78, 5) is 0. The predicted molar refractivity (Wildman–Crippen MR) is 126 cm³/mol. The molecule has 0 aliphatic carbocycles. The van der Waals surface area contributed by atoms with E-state index in [1.165, 1.54) is 0 Å². The van der Waals surface area contributed by atoms with E-state index >= 15 is 0 Å². The third-order valence-corrected chi connectivity index (χ3v) is 6.23. The van der Waals surface area contributed by atoms with Crippen LogP contribution in [0.3, 0.4) is 0 Å². The van der Waals surface area contributed by atoms with E-state index in [9.17, 15) is 0 Å². The largest absolute Gasteiger partial charge is 0.457 e. The molecule has 0 N–H and O–H groups in total. The number of allylic oxidation sites excluding steroid dienone is 3. The molecule has 2 aliphatic rings. The van der Waals surface area contributed by atoms with Crippen LogP contribution in [0, 0.1) is 0 Å². The second-order valence-corrected chi connectivity index (χ2v) is 7.77. The molecule has 30 heavy (non-hydrogen) atoms. The van der Waals surface area contributed by atoms with Crippen molar-refractivity contribution in [2.75, 3.05) is 0 Å². The van der Waals surface area contributed by atoms with Crippen molar-refractivity contribution in [3.8, 4) is 17.2 Å². The van der Waals surface area contributed by atoms with E-state index in [-0.39, 0.29) is 0 Å². The molecule has 0 bridgehead atoms. The molecule has 0 saturated carbocycles. The Kier molecular flexibility index (Phi) is 5.57. The van der Waals surface area contributed by atoms with Gasteiger partial charge >= 0.3 is 0 Å². The summed E-state index contributed by atoms with van der Waals surface area (Å²) in [7, 11) is 0. The molecule has 1 spiro atoms. The molecule has 5 rings (SSSR count). The Bertz CT molecular complexity index is 1160. The number of fused-ring (bicyclic) bond motifs is 6. The number of rotatable bonds is 0. The minimum absolute atomic E-state index is 0.501. The van der Waals surface area contributed by atoms with Gasteiger partial charge in [-0.2, -0.15) is 0 Å². The Morgan fingerprint density at radius 2 is 1.27 bits per heavy atom. The minimum atomic E-state index is -0.501. The highest BCUT2D eigenvalue weighted by Crippen LogP contribution is 2.61. The van der Waals surface area contributed by atoms with Gasteiger partial charge in [0.2, 0.25) is 0 Å². The molecule has 1 unspecified atom stereocenters. The normalized spacial score (nSPS) is 21.0. The lowest BCUT2D eigenvalue weighted by molar-refractivity contribution is 0.366. The molecule has 152 valence electrons. The van der Waals surface area contributed by atoms with E-state index in [0.29, 0.717) is 0 Å². The van der Waals surface area contributed by atoms with Gasteiger partial charge in [-0.3, -0.25) is 0 Å². The molecule has 3 aromatic carbocycles. The summed E-state index contributed by atoms with van der Waals surface area (Å²) in [5, 5.41) is 0. The lowest BCUT2D eigenvalue weighted by Gasteiger charge is -2.46. The Morgan fingerprint density at radius 1 is 0.700 bits per heavy atom. The Balaban J connectivity index is 0.00000106. The average molecular weight is 461 g/mol. The third-order valence-electron chi connectivity index (χ3n) is 5.61. The van der Waals surface area contributed by atoms with Crippen molar-refractivity contribution in [3.05, 3.63) is 111 Å². The molecule has 0 aromatic heterocycles. The quantitative estimate of drug-likeness (QED) is 0.336. The molecule has 0 amide bonds. The summed E-state index contributed by atoms with van der Waals surface area (Å²) in [6.45, 7) is 8.10. The lowest BCUT2D eigenvalue weighted by Crippen LogP contribution is -2.39. The first kappa shape index (κ1) is 20.5. The zero-order valence-electron chi connectivity index (χ0n) is 17.7. The van der Waals surface area contributed by atoms with Crippen molar-refractivity contribution < 1.29 is 9.47 Å². The molecular weight excluding hydrogens is 436 g/mol. The highest BCUT2D eigenvalue weighted by molar-refractivity contribution is 9.10. The minimum Gasteiger partial charge on any atom is -0.457 e. The maximum absolute atomic E-state index is 6.38. The fourth-order valence-electron chi connectivity index (χ4n) is 4.55. The van der Waals surface area contributed by atoms with Crippen LogP contribution in [0.1, 0.15) is 44.4 Å². The molecule has 0 radical (unpaired) electrons. The number of benzene rings is 3. The van der Waals surface area contributed by atoms with Gasteiger partial charge in [0.25, 0.3) is 0 Å². The Morgan fingerprint density at radius 3 is 1.87 bits per heavy atom. The number of hydrogen-bond acceptors (Lipinski definition) is 2. The van der Waals surface area contributed by atoms with Crippen LogP contribution in [-0.2, 0) is 5.41 Å². The van der Waals surface area contributed by atoms with Crippen molar-refractivity contribution in [1.29, 1.82) is 0 Å². The van der Waals surface area contributed by atoms with E-state index in [0.717, 1.165) is 49.7 Å². The molecule has 3 aromatic rings. The summed E-state index contributed by atoms with van der Waals surface area (Å²) in [6, 6.07) is 22.9. The van der Waals surface area contributed by atoms with E-state index in [2.05, 4.69) is 65.3 Å². The van der Waals surface area contributed by atoms with Crippen molar-refractivity contribution >= 4 is 15.9 Å². The van der Waals surface area contributed by atoms with Crippen molar-refractivity contribution in [2.45, 2.75) is 33.1 Å². The molecule has 2 aliphatic heterocycles. The summed E-state index contributed by atoms with van der Waals surface area (Å²) in [5.74, 6) is 3.48. The van der Waals surface area contributed by atoms with Gasteiger partial charge in [-0.25, -0.2) is 0 Å². The molecular formula is C27H25BrO2. The average Bonchev–Trinajstić information content (AvgIpc) is 2.81. The van der Waals surface area contributed by atoms with Gasteiger partial charge in [-0.15, -0.1) is 0 Å². The molecule has 1 atom stereocenters. The first-order valence-corrected chi connectivity index (χ1v) is 11.2. The van der Waals surface area contributed by atoms with E-state index in [4.69, 9.17) is 9.47 Å². The van der Waals surface area contributed by atoms with E-state index in [1.54, 1.807) is 0 Å². The maximum Gasteiger partial charge on any atom is 0.146 e. The molecule has 0 fully saturated rings. The zero-order valence-corrected chi connectivity index (χ0v) is 19.3. The summed E-state index contributed by atoms with van der Waals surface area (Å²) in [6.07, 6.45) is 4.21. The van der Waals surface area contributed by atoms with Gasteiger partial charge in [0.1, 0.15) is 23.0 Å². The van der Waals surface area contributed by atoms with Crippen LogP contribution in [0.5, 0.6) is 17.2 Å². The Hall–Kier alpha value is -2.78. The Labute approximate surface area is 187 Å². The number of ether oxygens (including phenoxy) is 2. The van der Waals surface area contributed by atoms with Crippen LogP contribution in [0.15, 0.2) is 94.7 Å². The molecule has 3 heteroatoms. The number of hydrogen-bond donors (Lipinski definition) is 0. The molecule has 2 heterocycles. The predicted octanol–water partition coefficient (Wildman–Crippen LogP) is 8.16. The van der Waals surface area contributed by atoms with Crippen LogP contribution in [0.4, 0.5) is 0 Å². The summed E-state index contributed by atoms with van der Waals surface area (Å²) >= 11 is 3.71. The van der Waals surface area contributed by atoms with Crippen LogP contribution in [0.2, 0.25) is 0 Å². The second kappa shape index (κ2) is 8.16. The standard InChI is InChI=1S/C25H19BrO2.C2H6/c1-3-16-21(4-2)27-22-14-7-5-10-17(22)25(16)18-11-6-8-15-23(18)28-24-19(25)12-9-13-20(24)26;1-2/h3-15H,1-2H3;1-2H3/b16-3+,21-4+;. The highest BCUT2D eigenvalue weighted by Gasteiger charge is 2.51. The van der Waals surface area contributed by atoms with Crippen LogP contribution in [0.25, 0.3) is 0 Å². The van der Waals surface area contributed by atoms with Gasteiger partial charge in [0.15, 0.2) is 0 Å². The lowest BCUT2D eigenvalue weighted by atomic mass is 9.61. The van der Waals surface area contributed by atoms with E-state index < -0.39 is 5.41 Å². The van der Waals surface area contributed by atoms with Crippen LogP contribution >= 0.6 is 15.9 Å². The molecule has 0 saturated heterocycles. The van der Waals surface area contributed by atoms with Gasteiger partial charge < -0.3 is 9.47 Å². The monoisotopic (exact) mass is 460 g/mol. The first-order chi connectivity index (χ1) is 14.7. The van der Waals surface area contributed by atoms with Crippen LogP contribution < -0.4 is 9.47 Å². The van der Waals surface area contributed by atoms with E-state index in [1.807, 2.05) is 57.2 Å². The zero-order chi connectivity index (χ0) is 21.3. The topological polar surface area (TPSA) is 18.5 Å². The molecule has 2 nitrogen and oxygen atoms in total. The highest BCUT2D eigenvalue weighted by atomic mass is 79.9. The summed E-state index contributed by atoms with van der Waals surface area (Å²) < 4.78 is 13.6. The van der Waals surface area contributed by atoms with Gasteiger partial charge in [-0.1, -0.05) is 68.5 Å². The van der Waals surface area contributed by atoms with Crippen molar-refractivity contribution in [2.24, 2.45) is 0 Å². The second-order valence-electron chi connectivity index (χ2n) is 6.92. The van der Waals surface area contributed by atoms with Gasteiger partial charge in [-0.05, 0) is 54.1 Å². The summed E-state index contributed by atoms with van der Waals surface area (Å²) in [5.41, 5.74) is 4.00. The maximum atomic E-state index is 6.38. The van der Waals surface area contributed by atoms with Gasteiger partial charge in [0.05, 0.1) is 9.89 Å². The fraction of sp³-hybridized carbons (Fsp3) is 0.185. The SMILES string of the molecule is C/C=C1\C(=C/C)Oc2ccccc2C12c1ccccc1Oc1c(Br)cccc12.CC. The smallest absolute Gasteiger partial charge is 0.146 e. The number of halogens is 1. The first-order valence-electron chi connectivity index (χ1n) is 10.4. The van der Waals surface area contributed by atoms with Crippen LogP contribution in [-0.4, -0.2) is 0 Å². The third kappa shape index (κ3) is 2.76. The van der Waals surface area contributed by atoms with Crippen molar-refractivity contribution in [3.63, 3.8) is 0 Å². The fourth-order valence-corrected chi connectivity index (χ4v) is 5.00. The van der Waals surface area contributed by atoms with Gasteiger partial charge in [0, 0.05) is 22.3 Å². The number of para-hydroxylation sites is 3.